The Morgan fingerprint density at radius 2 is 1.50 bits per heavy atom. The van der Waals surface area contributed by atoms with E-state index >= 15 is 0 Å². The van der Waals surface area contributed by atoms with Crippen LogP contribution in [0.4, 0.5) is 0 Å². The van der Waals surface area contributed by atoms with Gasteiger partial charge >= 0.3 is 0 Å². The lowest BCUT2D eigenvalue weighted by Crippen LogP contribution is -2.22. The van der Waals surface area contributed by atoms with E-state index in [1.54, 1.807) is 12.1 Å². The zero-order chi connectivity index (χ0) is 16.0. The van der Waals surface area contributed by atoms with E-state index in [1.165, 1.54) is 19.2 Å². The number of phenols is 2. The molecule has 1 aliphatic rings. The van der Waals surface area contributed by atoms with E-state index in [0.717, 1.165) is 0 Å². The maximum absolute atomic E-state index is 12.6. The number of fused-ring (bicyclic) bond motifs is 2. The highest BCUT2D eigenvalue weighted by atomic mass is 16.5. The van der Waals surface area contributed by atoms with E-state index < -0.39 is 23.1 Å². The highest BCUT2D eigenvalue weighted by Crippen LogP contribution is 2.45. The van der Waals surface area contributed by atoms with Crippen molar-refractivity contribution >= 4 is 17.9 Å². The van der Waals surface area contributed by atoms with Crippen molar-refractivity contribution in [3.05, 3.63) is 52.1 Å². The number of rotatable bonds is 2. The highest BCUT2D eigenvalue weighted by Gasteiger charge is 2.38. The minimum absolute atomic E-state index is 0.121. The van der Waals surface area contributed by atoms with Gasteiger partial charge in [-0.2, -0.15) is 0 Å². The number of hydrogen-bond acceptors (Lipinski definition) is 6. The first-order chi connectivity index (χ1) is 10.5. The summed E-state index contributed by atoms with van der Waals surface area (Å²) in [5, 5.41) is 19.9. The summed E-state index contributed by atoms with van der Waals surface area (Å²) in [6, 6.07) is 6.11. The lowest BCUT2D eigenvalue weighted by Gasteiger charge is -2.22. The third kappa shape index (κ3) is 1.57. The van der Waals surface area contributed by atoms with Crippen molar-refractivity contribution in [2.24, 2.45) is 0 Å². The van der Waals surface area contributed by atoms with Crippen molar-refractivity contribution in [2.45, 2.75) is 0 Å². The molecule has 0 radical (unpaired) electrons. The number of carbonyl (C=O) groups is 3. The van der Waals surface area contributed by atoms with Gasteiger partial charge in [-0.25, -0.2) is 0 Å². The molecule has 110 valence electrons. The molecule has 0 aromatic heterocycles. The molecule has 2 aromatic carbocycles. The quantitative estimate of drug-likeness (QED) is 0.551. The van der Waals surface area contributed by atoms with Gasteiger partial charge in [0.1, 0.15) is 11.3 Å². The van der Waals surface area contributed by atoms with Gasteiger partial charge in [-0.1, -0.05) is 24.3 Å². The van der Waals surface area contributed by atoms with E-state index in [-0.39, 0.29) is 39.9 Å². The Labute approximate surface area is 124 Å². The van der Waals surface area contributed by atoms with E-state index in [2.05, 4.69) is 0 Å². The summed E-state index contributed by atoms with van der Waals surface area (Å²) in [5.74, 6) is -2.99. The van der Waals surface area contributed by atoms with Gasteiger partial charge < -0.3 is 14.9 Å². The average Bonchev–Trinajstić information content (AvgIpc) is 2.54. The second-order valence-corrected chi connectivity index (χ2v) is 4.72. The van der Waals surface area contributed by atoms with Crippen LogP contribution in [0, 0.1) is 0 Å². The minimum atomic E-state index is -0.800. The van der Waals surface area contributed by atoms with Crippen LogP contribution in [0.25, 0.3) is 0 Å². The molecule has 0 bridgehead atoms. The maximum Gasteiger partial charge on any atom is 0.198 e. The molecule has 22 heavy (non-hydrogen) atoms. The fourth-order valence-electron chi connectivity index (χ4n) is 2.63. The lowest BCUT2D eigenvalue weighted by molar-refractivity contribution is 0.0972. The van der Waals surface area contributed by atoms with Crippen LogP contribution in [-0.2, 0) is 0 Å². The number of phenolic OH excluding ortho intramolecular Hbond substituents is 2. The number of ketones is 2. The molecule has 6 heteroatoms. The normalized spacial score (nSPS) is 12.6. The first-order valence-electron chi connectivity index (χ1n) is 6.32. The van der Waals surface area contributed by atoms with Crippen LogP contribution < -0.4 is 4.74 Å². The fourth-order valence-corrected chi connectivity index (χ4v) is 2.63. The largest absolute Gasteiger partial charge is 0.504 e. The molecule has 0 heterocycles. The Hall–Kier alpha value is -3.15. The molecule has 0 amide bonds. The maximum atomic E-state index is 12.6. The molecule has 1 aliphatic carbocycles. The summed E-state index contributed by atoms with van der Waals surface area (Å²) < 4.78 is 5.03. The second-order valence-electron chi connectivity index (χ2n) is 4.72. The SMILES string of the molecule is COc1c(C=O)c(O)c(O)c2c1C(=O)c1ccccc1C2=O. The Kier molecular flexibility index (Phi) is 2.95. The number of aromatic hydroxyl groups is 2. The standard InChI is InChI=1S/C16H10O6/c1-22-16-9(6-17)14(20)15(21)10-11(16)13(19)8-5-3-2-4-7(8)12(10)18/h2-6,20-21H,1H3. The third-order valence-electron chi connectivity index (χ3n) is 3.63. The zero-order valence-electron chi connectivity index (χ0n) is 11.4. The Bertz CT molecular complexity index is 850. The minimum Gasteiger partial charge on any atom is -0.504 e. The van der Waals surface area contributed by atoms with Crippen LogP contribution >= 0.6 is 0 Å². The van der Waals surface area contributed by atoms with Crippen LogP contribution in [0.5, 0.6) is 17.2 Å². The van der Waals surface area contributed by atoms with Crippen molar-refractivity contribution in [3.8, 4) is 17.2 Å². The van der Waals surface area contributed by atoms with Crippen LogP contribution in [0.15, 0.2) is 24.3 Å². The van der Waals surface area contributed by atoms with Crippen molar-refractivity contribution < 1.29 is 29.3 Å². The van der Waals surface area contributed by atoms with Gasteiger partial charge in [-0.3, -0.25) is 14.4 Å². The van der Waals surface area contributed by atoms with Crippen LogP contribution in [0.3, 0.4) is 0 Å². The highest BCUT2D eigenvalue weighted by molar-refractivity contribution is 6.31. The number of carbonyl (C=O) groups excluding carboxylic acids is 3. The molecule has 0 fully saturated rings. The van der Waals surface area contributed by atoms with Crippen LogP contribution in [0.2, 0.25) is 0 Å². The van der Waals surface area contributed by atoms with E-state index in [0.29, 0.717) is 0 Å². The van der Waals surface area contributed by atoms with Gasteiger partial charge in [0.05, 0.1) is 18.2 Å². The smallest absolute Gasteiger partial charge is 0.198 e. The topological polar surface area (TPSA) is 101 Å². The molecule has 0 saturated heterocycles. The second kappa shape index (κ2) is 4.70. The summed E-state index contributed by atoms with van der Waals surface area (Å²) in [4.78, 5) is 36.3. The fraction of sp³-hybridized carbons (Fsp3) is 0.0625. The van der Waals surface area contributed by atoms with Gasteiger partial charge in [0, 0.05) is 11.1 Å². The first-order valence-corrected chi connectivity index (χ1v) is 6.32. The van der Waals surface area contributed by atoms with Crippen LogP contribution in [0.1, 0.15) is 42.2 Å². The molecule has 2 N–H and O–H groups in total. The molecular formula is C16H10O6. The third-order valence-corrected chi connectivity index (χ3v) is 3.63. The number of ether oxygens (including phenoxy) is 1. The summed E-state index contributed by atoms with van der Waals surface area (Å²) in [6.45, 7) is 0. The lowest BCUT2D eigenvalue weighted by atomic mass is 9.82. The van der Waals surface area contributed by atoms with Gasteiger partial charge in [-0.05, 0) is 0 Å². The van der Waals surface area contributed by atoms with Gasteiger partial charge in [0.2, 0.25) is 0 Å². The van der Waals surface area contributed by atoms with E-state index in [1.807, 2.05) is 0 Å². The van der Waals surface area contributed by atoms with E-state index in [9.17, 15) is 24.6 Å². The van der Waals surface area contributed by atoms with Gasteiger partial charge in [0.15, 0.2) is 29.4 Å². The number of benzene rings is 2. The number of hydrogen-bond donors (Lipinski definition) is 2. The van der Waals surface area contributed by atoms with Crippen LogP contribution in [-0.4, -0.2) is 35.2 Å². The monoisotopic (exact) mass is 298 g/mol. The predicted molar refractivity (Wildman–Crippen MR) is 75.0 cm³/mol. The van der Waals surface area contributed by atoms with Gasteiger partial charge in [-0.15, -0.1) is 0 Å². The summed E-state index contributed by atoms with van der Waals surface area (Å²) >= 11 is 0. The molecule has 0 atom stereocenters. The van der Waals surface area contributed by atoms with Crippen molar-refractivity contribution in [3.63, 3.8) is 0 Å². The summed E-state index contributed by atoms with van der Waals surface area (Å²) in [6.07, 6.45) is 0.256. The molecule has 3 rings (SSSR count). The van der Waals surface area contributed by atoms with Crippen molar-refractivity contribution in [2.75, 3.05) is 7.11 Å². The number of methoxy groups -OCH3 is 1. The molecule has 0 spiro atoms. The van der Waals surface area contributed by atoms with Crippen molar-refractivity contribution in [1.82, 2.24) is 0 Å². The Balaban J connectivity index is 2.47. The van der Waals surface area contributed by atoms with E-state index in [4.69, 9.17) is 4.74 Å². The predicted octanol–water partition coefficient (Wildman–Crippen LogP) is 1.69. The van der Waals surface area contributed by atoms with Gasteiger partial charge in [0.25, 0.3) is 0 Å². The molecular weight excluding hydrogens is 288 g/mol. The van der Waals surface area contributed by atoms with Crippen molar-refractivity contribution in [1.29, 1.82) is 0 Å². The summed E-state index contributed by atoms with van der Waals surface area (Å²) in [7, 11) is 1.21. The Morgan fingerprint density at radius 1 is 0.955 bits per heavy atom. The molecule has 0 aliphatic heterocycles. The zero-order valence-corrected chi connectivity index (χ0v) is 11.4. The molecule has 6 nitrogen and oxygen atoms in total. The molecule has 0 saturated carbocycles. The summed E-state index contributed by atoms with van der Waals surface area (Å²) in [5.41, 5.74) is -0.678. The Morgan fingerprint density at radius 3 is 2.00 bits per heavy atom. The molecule has 2 aromatic rings. The molecule has 0 unspecified atom stereocenters. The number of aldehydes is 1. The average molecular weight is 298 g/mol. The first kappa shape index (κ1) is 13.8.